The summed E-state index contributed by atoms with van der Waals surface area (Å²) in [4.78, 5) is 55.2. The van der Waals surface area contributed by atoms with Crippen LogP contribution >= 0.6 is 11.8 Å². The molecule has 1 aromatic heterocycles. The van der Waals surface area contributed by atoms with Gasteiger partial charge in [0, 0.05) is 23.2 Å². The third-order valence-corrected chi connectivity index (χ3v) is 9.69. The molecular formula is C42H37N5O5S. The fourth-order valence-corrected chi connectivity index (χ4v) is 6.68. The van der Waals surface area contributed by atoms with Crippen molar-refractivity contribution >= 4 is 46.9 Å². The lowest BCUT2D eigenvalue weighted by molar-refractivity contribution is -0.116. The minimum atomic E-state index is -0.748. The highest BCUT2D eigenvalue weighted by Gasteiger charge is 2.26. The second-order valence-electron chi connectivity index (χ2n) is 12.0. The molecule has 6 rings (SSSR count). The zero-order valence-corrected chi connectivity index (χ0v) is 30.1. The van der Waals surface area contributed by atoms with Gasteiger partial charge in [-0.3, -0.25) is 23.9 Å². The van der Waals surface area contributed by atoms with Gasteiger partial charge >= 0.3 is 0 Å². The molecule has 1 unspecified atom stereocenters. The smallest absolute Gasteiger partial charge is 0.295 e. The van der Waals surface area contributed by atoms with Gasteiger partial charge in [-0.2, -0.15) is 0 Å². The van der Waals surface area contributed by atoms with Crippen LogP contribution in [0.3, 0.4) is 0 Å². The van der Waals surface area contributed by atoms with Crippen LogP contribution in [0.25, 0.3) is 11.8 Å². The molecule has 11 heteroatoms. The van der Waals surface area contributed by atoms with E-state index in [9.17, 15) is 19.2 Å². The molecule has 5 aromatic carbocycles. The van der Waals surface area contributed by atoms with Crippen LogP contribution in [0.5, 0.6) is 5.75 Å². The maximum atomic E-state index is 14.0. The van der Waals surface area contributed by atoms with E-state index in [0.717, 1.165) is 5.56 Å². The maximum absolute atomic E-state index is 14.0. The van der Waals surface area contributed by atoms with Gasteiger partial charge in [0.2, 0.25) is 5.91 Å². The summed E-state index contributed by atoms with van der Waals surface area (Å²) in [7, 11) is 3.34. The van der Waals surface area contributed by atoms with Crippen LogP contribution in [-0.4, -0.2) is 34.2 Å². The minimum absolute atomic E-state index is 0.0306. The number of anilines is 2. The van der Waals surface area contributed by atoms with Crippen molar-refractivity contribution in [1.82, 2.24) is 14.7 Å². The highest BCUT2D eigenvalue weighted by molar-refractivity contribution is 8.00. The minimum Gasteiger partial charge on any atom is -0.497 e. The number of carbonyl (C=O) groups is 3. The topological polar surface area (TPSA) is 123 Å². The van der Waals surface area contributed by atoms with Crippen molar-refractivity contribution in [1.29, 1.82) is 0 Å². The lowest BCUT2D eigenvalue weighted by Crippen LogP contribution is -2.30. The Morgan fingerprint density at radius 2 is 1.42 bits per heavy atom. The molecule has 0 aliphatic heterocycles. The van der Waals surface area contributed by atoms with E-state index in [2.05, 4.69) is 16.0 Å². The second-order valence-corrected chi connectivity index (χ2v) is 13.1. The molecule has 1 heterocycles. The predicted molar refractivity (Wildman–Crippen MR) is 209 cm³/mol. The van der Waals surface area contributed by atoms with Gasteiger partial charge in [-0.25, -0.2) is 4.68 Å². The summed E-state index contributed by atoms with van der Waals surface area (Å²) in [5.74, 6) is -0.707. The van der Waals surface area contributed by atoms with Crippen molar-refractivity contribution in [3.05, 3.63) is 178 Å². The first-order valence-corrected chi connectivity index (χ1v) is 17.6. The number of carbonyl (C=O) groups excluding carboxylic acids is 3. The van der Waals surface area contributed by atoms with Crippen LogP contribution in [0, 0.1) is 6.92 Å². The Bertz CT molecular complexity index is 2320. The van der Waals surface area contributed by atoms with E-state index in [-0.39, 0.29) is 22.9 Å². The first kappa shape index (κ1) is 36.2. The van der Waals surface area contributed by atoms with Gasteiger partial charge in [0.1, 0.15) is 22.4 Å². The Balaban J connectivity index is 1.25. The number of hydrogen-bond acceptors (Lipinski definition) is 6. The average molecular weight is 724 g/mol. The van der Waals surface area contributed by atoms with E-state index in [1.54, 1.807) is 105 Å². The van der Waals surface area contributed by atoms with Crippen LogP contribution in [0.1, 0.15) is 32.4 Å². The number of para-hydroxylation sites is 1. The first-order valence-electron chi connectivity index (χ1n) is 16.7. The summed E-state index contributed by atoms with van der Waals surface area (Å²) >= 11 is 1.28. The summed E-state index contributed by atoms with van der Waals surface area (Å²) in [6.07, 6.45) is 1.58. The highest BCUT2D eigenvalue weighted by atomic mass is 32.2. The van der Waals surface area contributed by atoms with Crippen LogP contribution < -0.4 is 26.2 Å². The molecule has 0 aliphatic rings. The van der Waals surface area contributed by atoms with Gasteiger partial charge in [-0.05, 0) is 78.7 Å². The van der Waals surface area contributed by atoms with Gasteiger partial charge < -0.3 is 20.7 Å². The number of nitrogens with one attached hydrogen (secondary N) is 3. The van der Waals surface area contributed by atoms with E-state index in [1.165, 1.54) is 16.4 Å². The molecule has 1 atom stereocenters. The summed E-state index contributed by atoms with van der Waals surface area (Å²) in [6.45, 7) is 1.78. The molecule has 0 bridgehead atoms. The average Bonchev–Trinajstić information content (AvgIpc) is 3.40. The van der Waals surface area contributed by atoms with E-state index in [4.69, 9.17) is 4.74 Å². The zero-order valence-electron chi connectivity index (χ0n) is 29.3. The largest absolute Gasteiger partial charge is 0.497 e. The first-order chi connectivity index (χ1) is 25.7. The molecule has 6 aromatic rings. The quantitative estimate of drug-likeness (QED) is 0.0895. The molecule has 10 nitrogen and oxygen atoms in total. The molecule has 0 saturated heterocycles. The fraction of sp³-hybridized carbons (Fsp3) is 0.0952. The molecule has 3 N–H and O–H groups in total. The fourth-order valence-electron chi connectivity index (χ4n) is 5.59. The Hall–Kier alpha value is -6.59. The van der Waals surface area contributed by atoms with Crippen molar-refractivity contribution in [2.45, 2.75) is 17.1 Å². The Morgan fingerprint density at radius 1 is 0.774 bits per heavy atom. The molecule has 266 valence electrons. The molecule has 0 aliphatic carbocycles. The van der Waals surface area contributed by atoms with Gasteiger partial charge in [0.05, 0.1) is 18.5 Å². The number of nitrogens with zero attached hydrogens (tertiary/aromatic N) is 2. The Kier molecular flexibility index (Phi) is 11.4. The van der Waals surface area contributed by atoms with Crippen LogP contribution in [0.15, 0.2) is 155 Å². The van der Waals surface area contributed by atoms with Crippen molar-refractivity contribution in [3.8, 4) is 11.4 Å². The third-order valence-electron chi connectivity index (χ3n) is 8.44. The lowest BCUT2D eigenvalue weighted by Gasteiger charge is -2.17. The molecule has 3 amide bonds. The van der Waals surface area contributed by atoms with Crippen molar-refractivity contribution in [2.24, 2.45) is 7.05 Å². The number of ether oxygens (including phenoxy) is 1. The Labute approximate surface area is 311 Å². The standard InChI is InChI=1S/C42H37N5O5S/c1-28-37(42(51)47(46(28)2)33-19-11-6-12-20-33)45-41(50)38(30-14-7-4-8-15-30)53-35-21-13-18-32(27-35)43-40(49)36(26-29-22-24-34(52-3)25-23-29)44-39(48)31-16-9-5-10-17-31/h4-27,38H,1-3H3,(H,43,49)(H,44,48)(H,45,50)/b36-26+. The van der Waals surface area contributed by atoms with Crippen LogP contribution in [0.2, 0.25) is 0 Å². The lowest BCUT2D eigenvalue weighted by atomic mass is 10.1. The summed E-state index contributed by atoms with van der Waals surface area (Å²) in [5, 5.41) is 7.81. The molecule has 0 spiro atoms. The van der Waals surface area contributed by atoms with Gasteiger partial charge in [0.25, 0.3) is 17.4 Å². The number of methoxy groups -OCH3 is 1. The molecule has 0 radical (unpaired) electrons. The molecular weight excluding hydrogens is 687 g/mol. The van der Waals surface area contributed by atoms with E-state index in [1.807, 2.05) is 66.7 Å². The van der Waals surface area contributed by atoms with Gasteiger partial charge in [0.15, 0.2) is 0 Å². The molecule has 0 fully saturated rings. The van der Waals surface area contributed by atoms with E-state index in [0.29, 0.717) is 38.8 Å². The highest BCUT2D eigenvalue weighted by Crippen LogP contribution is 2.37. The molecule has 0 saturated carbocycles. The second kappa shape index (κ2) is 16.6. The zero-order chi connectivity index (χ0) is 37.3. The number of hydrogen-bond donors (Lipinski definition) is 3. The number of rotatable bonds is 12. The van der Waals surface area contributed by atoms with Crippen LogP contribution in [0.4, 0.5) is 11.4 Å². The normalized spacial score (nSPS) is 11.7. The van der Waals surface area contributed by atoms with E-state index < -0.39 is 17.1 Å². The molecule has 53 heavy (non-hydrogen) atoms. The Morgan fingerprint density at radius 3 is 2.08 bits per heavy atom. The monoisotopic (exact) mass is 723 g/mol. The van der Waals surface area contributed by atoms with Crippen LogP contribution in [-0.2, 0) is 16.6 Å². The SMILES string of the molecule is COc1ccc(/C=C(/NC(=O)c2ccccc2)C(=O)Nc2cccc(SC(C(=O)Nc3c(C)n(C)n(-c4ccccc4)c3=O)c3ccccc3)c2)cc1. The van der Waals surface area contributed by atoms with E-state index >= 15 is 0 Å². The van der Waals surface area contributed by atoms with Gasteiger partial charge in [-0.15, -0.1) is 11.8 Å². The van der Waals surface area contributed by atoms with Gasteiger partial charge in [-0.1, -0.05) is 84.9 Å². The third kappa shape index (κ3) is 8.66. The number of aromatic nitrogens is 2. The van der Waals surface area contributed by atoms with Crippen molar-refractivity contribution in [3.63, 3.8) is 0 Å². The number of benzene rings is 5. The summed E-state index contributed by atoms with van der Waals surface area (Å²) in [6, 6.07) is 41.3. The number of amides is 3. The summed E-state index contributed by atoms with van der Waals surface area (Å²) < 4.78 is 8.48. The predicted octanol–water partition coefficient (Wildman–Crippen LogP) is 7.37. The summed E-state index contributed by atoms with van der Waals surface area (Å²) in [5.41, 5.74) is 3.42. The number of thioether (sulfide) groups is 1. The van der Waals surface area contributed by atoms with Crippen molar-refractivity contribution < 1.29 is 19.1 Å². The maximum Gasteiger partial charge on any atom is 0.295 e. The van der Waals surface area contributed by atoms with Crippen molar-refractivity contribution in [2.75, 3.05) is 17.7 Å².